The van der Waals surface area contributed by atoms with Gasteiger partial charge in [-0.1, -0.05) is 24.3 Å². The molecule has 2 aromatic carbocycles. The first kappa shape index (κ1) is 19.4. The van der Waals surface area contributed by atoms with Gasteiger partial charge in [-0.2, -0.15) is 5.10 Å². The van der Waals surface area contributed by atoms with Crippen molar-refractivity contribution >= 4 is 22.6 Å². The third-order valence-corrected chi connectivity index (χ3v) is 4.67. The predicted octanol–water partition coefficient (Wildman–Crippen LogP) is 1.44. The number of fused-ring (bicyclic) bond motifs is 2. The summed E-state index contributed by atoms with van der Waals surface area (Å²) in [6, 6.07) is 12.2. The molecule has 1 aliphatic heterocycles. The first-order valence-electron chi connectivity index (χ1n) is 9.33. The number of hydrogen-bond acceptors (Lipinski definition) is 7. The highest BCUT2D eigenvalue weighted by molar-refractivity contribution is 5.88. The summed E-state index contributed by atoms with van der Waals surface area (Å²) in [5, 5.41) is 10.0. The van der Waals surface area contributed by atoms with Gasteiger partial charge in [-0.3, -0.25) is 14.4 Å². The number of ether oxygens (including phenoxy) is 3. The number of hydrogen-bond donors (Lipinski definition) is 2. The maximum absolute atomic E-state index is 12.3. The van der Waals surface area contributed by atoms with Crippen LogP contribution in [-0.4, -0.2) is 35.0 Å². The van der Waals surface area contributed by atoms with E-state index in [9.17, 15) is 14.4 Å². The van der Waals surface area contributed by atoms with Crippen LogP contribution in [-0.2, 0) is 27.3 Å². The van der Waals surface area contributed by atoms with E-state index in [0.717, 1.165) is 5.56 Å². The molecule has 0 spiro atoms. The zero-order valence-electron chi connectivity index (χ0n) is 16.1. The molecule has 2 N–H and O–H groups in total. The summed E-state index contributed by atoms with van der Waals surface area (Å²) in [5.41, 5.74) is 0.872. The SMILES string of the molecule is CC(OC(=O)Cc1n[nH]c(=O)c2ccccc12)C(=O)NCc1ccc2c(c1)OCO2. The fourth-order valence-electron chi connectivity index (χ4n) is 3.12. The fourth-order valence-corrected chi connectivity index (χ4v) is 3.12. The summed E-state index contributed by atoms with van der Waals surface area (Å²) in [4.78, 5) is 36.4. The van der Waals surface area contributed by atoms with Gasteiger partial charge < -0.3 is 19.5 Å². The molecule has 2 heterocycles. The number of amides is 1. The van der Waals surface area contributed by atoms with Gasteiger partial charge in [0.25, 0.3) is 11.5 Å². The number of benzene rings is 2. The van der Waals surface area contributed by atoms with Crippen LogP contribution in [0.1, 0.15) is 18.2 Å². The Labute approximate surface area is 171 Å². The number of aromatic amines is 1. The molecule has 0 saturated heterocycles. The second kappa shape index (κ2) is 8.24. The van der Waals surface area contributed by atoms with E-state index in [1.165, 1.54) is 6.92 Å². The van der Waals surface area contributed by atoms with Gasteiger partial charge in [0.05, 0.1) is 17.5 Å². The van der Waals surface area contributed by atoms with Gasteiger partial charge in [0, 0.05) is 11.9 Å². The molecule has 154 valence electrons. The second-order valence-corrected chi connectivity index (χ2v) is 6.76. The van der Waals surface area contributed by atoms with E-state index in [2.05, 4.69) is 15.5 Å². The molecule has 1 aliphatic rings. The largest absolute Gasteiger partial charge is 0.454 e. The van der Waals surface area contributed by atoms with Gasteiger partial charge in [0.2, 0.25) is 6.79 Å². The van der Waals surface area contributed by atoms with E-state index in [-0.39, 0.29) is 25.3 Å². The molecule has 1 atom stereocenters. The van der Waals surface area contributed by atoms with Gasteiger partial charge in [-0.15, -0.1) is 0 Å². The summed E-state index contributed by atoms with van der Waals surface area (Å²) in [7, 11) is 0. The minimum atomic E-state index is -0.986. The molecule has 30 heavy (non-hydrogen) atoms. The van der Waals surface area contributed by atoms with Crippen LogP contribution in [0.25, 0.3) is 10.8 Å². The van der Waals surface area contributed by atoms with Crippen LogP contribution in [0.5, 0.6) is 11.5 Å². The highest BCUT2D eigenvalue weighted by Gasteiger charge is 2.20. The van der Waals surface area contributed by atoms with E-state index in [1.807, 2.05) is 6.07 Å². The number of rotatable bonds is 6. The minimum Gasteiger partial charge on any atom is -0.454 e. The molecule has 1 unspecified atom stereocenters. The highest BCUT2D eigenvalue weighted by Crippen LogP contribution is 2.32. The predicted molar refractivity (Wildman–Crippen MR) is 106 cm³/mol. The van der Waals surface area contributed by atoms with Crippen LogP contribution in [0.3, 0.4) is 0 Å². The lowest BCUT2D eigenvalue weighted by Gasteiger charge is -2.14. The summed E-state index contributed by atoms with van der Waals surface area (Å²) in [6.45, 7) is 1.92. The third-order valence-electron chi connectivity index (χ3n) is 4.67. The Balaban J connectivity index is 1.34. The van der Waals surface area contributed by atoms with Crippen LogP contribution in [0.15, 0.2) is 47.3 Å². The zero-order valence-corrected chi connectivity index (χ0v) is 16.1. The number of nitrogens with one attached hydrogen (secondary N) is 2. The molecule has 3 aromatic rings. The summed E-state index contributed by atoms with van der Waals surface area (Å²) in [6.07, 6.45) is -1.16. The van der Waals surface area contributed by atoms with Crippen molar-refractivity contribution < 1.29 is 23.8 Å². The molecule has 1 aromatic heterocycles. The quantitative estimate of drug-likeness (QED) is 0.591. The van der Waals surface area contributed by atoms with Crippen molar-refractivity contribution in [2.75, 3.05) is 6.79 Å². The lowest BCUT2D eigenvalue weighted by Crippen LogP contribution is -2.35. The first-order valence-corrected chi connectivity index (χ1v) is 9.33. The van der Waals surface area contributed by atoms with E-state index in [4.69, 9.17) is 14.2 Å². The van der Waals surface area contributed by atoms with E-state index in [1.54, 1.807) is 36.4 Å². The highest BCUT2D eigenvalue weighted by atomic mass is 16.7. The Hall–Kier alpha value is -3.88. The average molecular weight is 409 g/mol. The molecule has 0 saturated carbocycles. The van der Waals surface area contributed by atoms with Crippen molar-refractivity contribution in [3.8, 4) is 11.5 Å². The Bertz CT molecular complexity index is 1170. The Morgan fingerprint density at radius 2 is 1.93 bits per heavy atom. The number of H-pyrrole nitrogens is 1. The van der Waals surface area contributed by atoms with Crippen molar-refractivity contribution in [3.05, 3.63) is 64.1 Å². The molecule has 0 radical (unpaired) electrons. The van der Waals surface area contributed by atoms with Crippen LogP contribution < -0.4 is 20.3 Å². The van der Waals surface area contributed by atoms with E-state index >= 15 is 0 Å². The van der Waals surface area contributed by atoms with Gasteiger partial charge in [0.15, 0.2) is 17.6 Å². The third kappa shape index (κ3) is 4.09. The fraction of sp³-hybridized carbons (Fsp3) is 0.238. The maximum Gasteiger partial charge on any atom is 0.312 e. The average Bonchev–Trinajstić information content (AvgIpc) is 3.22. The number of aromatic nitrogens is 2. The van der Waals surface area contributed by atoms with Crippen LogP contribution in [0.4, 0.5) is 0 Å². The molecule has 0 aliphatic carbocycles. The Morgan fingerprint density at radius 3 is 2.77 bits per heavy atom. The zero-order chi connectivity index (χ0) is 21.1. The second-order valence-electron chi connectivity index (χ2n) is 6.76. The van der Waals surface area contributed by atoms with Gasteiger partial charge in [0.1, 0.15) is 0 Å². The van der Waals surface area contributed by atoms with Crippen molar-refractivity contribution in [2.24, 2.45) is 0 Å². The monoisotopic (exact) mass is 409 g/mol. The topological polar surface area (TPSA) is 120 Å². The summed E-state index contributed by atoms with van der Waals surface area (Å²) >= 11 is 0. The Kier molecular flexibility index (Phi) is 5.34. The van der Waals surface area contributed by atoms with Crippen molar-refractivity contribution in [2.45, 2.75) is 26.0 Å². The Morgan fingerprint density at radius 1 is 1.17 bits per heavy atom. The molecule has 1 amide bonds. The van der Waals surface area contributed by atoms with Crippen molar-refractivity contribution in [1.29, 1.82) is 0 Å². The molecule has 0 fully saturated rings. The first-order chi connectivity index (χ1) is 14.5. The van der Waals surface area contributed by atoms with Crippen LogP contribution >= 0.6 is 0 Å². The van der Waals surface area contributed by atoms with Crippen LogP contribution in [0, 0.1) is 0 Å². The van der Waals surface area contributed by atoms with Crippen molar-refractivity contribution in [3.63, 3.8) is 0 Å². The molecular weight excluding hydrogens is 390 g/mol. The number of nitrogens with zero attached hydrogens (tertiary/aromatic N) is 1. The number of carbonyl (C=O) groups is 2. The van der Waals surface area contributed by atoms with Gasteiger partial charge in [-0.05, 0) is 30.7 Å². The maximum atomic E-state index is 12.3. The van der Waals surface area contributed by atoms with Crippen LogP contribution in [0.2, 0.25) is 0 Å². The molecule has 0 bridgehead atoms. The normalized spacial score (nSPS) is 13.1. The van der Waals surface area contributed by atoms with Gasteiger partial charge in [-0.25, -0.2) is 5.10 Å². The minimum absolute atomic E-state index is 0.170. The molecule has 9 heteroatoms. The van der Waals surface area contributed by atoms with E-state index in [0.29, 0.717) is 28.0 Å². The molecule has 4 rings (SSSR count). The number of carbonyl (C=O) groups excluding carboxylic acids is 2. The molecular formula is C21H19N3O6. The van der Waals surface area contributed by atoms with Gasteiger partial charge >= 0.3 is 5.97 Å². The lowest BCUT2D eigenvalue weighted by molar-refractivity contribution is -0.154. The standard InChI is InChI=1S/C21H19N3O6/c1-12(20(26)22-10-13-6-7-17-18(8-13)29-11-28-17)30-19(25)9-16-14-4-2-3-5-15(14)21(27)24-23-16/h2-8,12H,9-11H2,1H3,(H,22,26)(H,24,27). The van der Waals surface area contributed by atoms with Crippen molar-refractivity contribution in [1.82, 2.24) is 15.5 Å². The van der Waals surface area contributed by atoms with E-state index < -0.39 is 18.0 Å². The molecule has 9 nitrogen and oxygen atoms in total. The summed E-state index contributed by atoms with van der Waals surface area (Å²) < 4.78 is 15.8. The smallest absolute Gasteiger partial charge is 0.312 e. The number of esters is 1. The summed E-state index contributed by atoms with van der Waals surface area (Å²) in [5.74, 6) is 0.239. The lowest BCUT2D eigenvalue weighted by atomic mass is 10.1.